The number of hydrogen-bond acceptors (Lipinski definition) is 3. The van der Waals surface area contributed by atoms with Crippen molar-refractivity contribution >= 4 is 40.9 Å². The van der Waals surface area contributed by atoms with Gasteiger partial charge < -0.3 is 10.4 Å². The van der Waals surface area contributed by atoms with E-state index in [2.05, 4.69) is 5.32 Å². The summed E-state index contributed by atoms with van der Waals surface area (Å²) in [5.74, 6) is 0.195. The van der Waals surface area contributed by atoms with Gasteiger partial charge in [-0.25, -0.2) is 0 Å². The Labute approximate surface area is 121 Å². The summed E-state index contributed by atoms with van der Waals surface area (Å²) < 4.78 is 0. The van der Waals surface area contributed by atoms with E-state index in [4.69, 9.17) is 23.2 Å². The molecule has 1 aromatic carbocycles. The zero-order chi connectivity index (χ0) is 13.8. The summed E-state index contributed by atoms with van der Waals surface area (Å²) in [5, 5.41) is 13.4. The van der Waals surface area contributed by atoms with Crippen molar-refractivity contribution in [2.75, 3.05) is 18.6 Å². The first-order valence-corrected chi connectivity index (χ1v) is 7.45. The second-order valence-corrected chi connectivity index (χ2v) is 5.95. The maximum absolute atomic E-state index is 11.9. The van der Waals surface area contributed by atoms with Gasteiger partial charge in [0.05, 0.1) is 16.2 Å². The first-order chi connectivity index (χ1) is 8.35. The molecule has 3 nitrogen and oxygen atoms in total. The molecule has 0 spiro atoms. The molecule has 0 radical (unpaired) electrons. The van der Waals surface area contributed by atoms with E-state index in [-0.39, 0.29) is 12.5 Å². The highest BCUT2D eigenvalue weighted by Gasteiger charge is 2.21. The lowest BCUT2D eigenvalue weighted by Gasteiger charge is -2.22. The van der Waals surface area contributed by atoms with Crippen molar-refractivity contribution in [3.05, 3.63) is 33.8 Å². The summed E-state index contributed by atoms with van der Waals surface area (Å²) in [5.41, 5.74) is -0.635. The number of halogens is 2. The third-order valence-electron chi connectivity index (χ3n) is 2.26. The van der Waals surface area contributed by atoms with Crippen LogP contribution < -0.4 is 5.32 Å². The number of carbonyl (C=O) groups excluding carboxylic acids is 1. The molecule has 0 bridgehead atoms. The van der Waals surface area contributed by atoms with E-state index in [1.54, 1.807) is 19.1 Å². The summed E-state index contributed by atoms with van der Waals surface area (Å²) in [6.07, 6.45) is 1.89. The lowest BCUT2D eigenvalue weighted by atomic mass is 10.1. The van der Waals surface area contributed by atoms with Crippen LogP contribution in [0.25, 0.3) is 0 Å². The molecule has 0 saturated heterocycles. The number of benzene rings is 1. The minimum Gasteiger partial charge on any atom is -0.387 e. The minimum absolute atomic E-state index is 0.162. The Morgan fingerprint density at radius 1 is 1.50 bits per heavy atom. The molecular weight excluding hydrogens is 293 g/mol. The van der Waals surface area contributed by atoms with Gasteiger partial charge in [-0.1, -0.05) is 23.2 Å². The van der Waals surface area contributed by atoms with Crippen LogP contribution in [0.1, 0.15) is 17.3 Å². The van der Waals surface area contributed by atoms with Crippen molar-refractivity contribution in [1.29, 1.82) is 0 Å². The maximum atomic E-state index is 11.9. The Morgan fingerprint density at radius 3 is 2.78 bits per heavy atom. The topological polar surface area (TPSA) is 49.3 Å². The Bertz CT molecular complexity index is 438. The highest BCUT2D eigenvalue weighted by molar-refractivity contribution is 7.98. The van der Waals surface area contributed by atoms with Crippen molar-refractivity contribution in [3.63, 3.8) is 0 Å². The average molecular weight is 308 g/mol. The quantitative estimate of drug-likeness (QED) is 0.879. The Morgan fingerprint density at radius 2 is 2.17 bits per heavy atom. The smallest absolute Gasteiger partial charge is 0.252 e. The predicted molar refractivity (Wildman–Crippen MR) is 77.8 cm³/mol. The van der Waals surface area contributed by atoms with Crippen molar-refractivity contribution in [2.24, 2.45) is 0 Å². The van der Waals surface area contributed by atoms with Gasteiger partial charge in [0.2, 0.25) is 0 Å². The van der Waals surface area contributed by atoms with Crippen LogP contribution in [0, 0.1) is 0 Å². The Hall–Kier alpha value is -0.420. The van der Waals surface area contributed by atoms with E-state index in [1.807, 2.05) is 6.26 Å². The van der Waals surface area contributed by atoms with Gasteiger partial charge in [-0.2, -0.15) is 11.8 Å². The molecule has 0 heterocycles. The molecule has 100 valence electrons. The van der Waals surface area contributed by atoms with Crippen LogP contribution in [0.15, 0.2) is 18.2 Å². The van der Waals surface area contributed by atoms with E-state index in [1.165, 1.54) is 17.8 Å². The van der Waals surface area contributed by atoms with Crippen LogP contribution in [0.4, 0.5) is 0 Å². The lowest BCUT2D eigenvalue weighted by molar-refractivity contribution is 0.0725. The maximum Gasteiger partial charge on any atom is 0.252 e. The average Bonchev–Trinajstić information content (AvgIpc) is 2.29. The van der Waals surface area contributed by atoms with E-state index in [0.29, 0.717) is 21.4 Å². The second-order valence-electron chi connectivity index (χ2n) is 4.24. The molecule has 0 aliphatic carbocycles. The summed E-state index contributed by atoms with van der Waals surface area (Å²) in [6, 6.07) is 4.69. The van der Waals surface area contributed by atoms with E-state index < -0.39 is 5.60 Å². The standard InChI is InChI=1S/C12H15Cl2NO2S/c1-12(17,7-18-2)6-15-11(16)9-5-8(13)3-4-10(9)14/h3-5,17H,6-7H2,1-2H3,(H,15,16)/t12-/m0/s1. The monoisotopic (exact) mass is 307 g/mol. The molecule has 0 fully saturated rings. The molecule has 1 aromatic rings. The number of carbonyl (C=O) groups is 1. The molecule has 2 N–H and O–H groups in total. The summed E-state index contributed by atoms with van der Waals surface area (Å²) in [7, 11) is 0. The van der Waals surface area contributed by atoms with Crippen molar-refractivity contribution in [2.45, 2.75) is 12.5 Å². The van der Waals surface area contributed by atoms with E-state index in [0.717, 1.165) is 0 Å². The SMILES string of the molecule is CSC[C@@](C)(O)CNC(=O)c1cc(Cl)ccc1Cl. The fraction of sp³-hybridized carbons (Fsp3) is 0.417. The van der Waals surface area contributed by atoms with Crippen molar-refractivity contribution < 1.29 is 9.90 Å². The van der Waals surface area contributed by atoms with E-state index >= 15 is 0 Å². The Balaban J connectivity index is 2.69. The molecular formula is C12H15Cl2NO2S. The fourth-order valence-corrected chi connectivity index (χ4v) is 2.50. The number of aliphatic hydroxyl groups is 1. The molecule has 1 rings (SSSR count). The first-order valence-electron chi connectivity index (χ1n) is 5.30. The molecule has 0 saturated carbocycles. The van der Waals surface area contributed by atoms with Gasteiger partial charge in [0.1, 0.15) is 0 Å². The van der Waals surface area contributed by atoms with Gasteiger partial charge in [-0.15, -0.1) is 0 Å². The molecule has 18 heavy (non-hydrogen) atoms. The number of nitrogens with one attached hydrogen (secondary N) is 1. The predicted octanol–water partition coefficient (Wildman–Crippen LogP) is 2.84. The van der Waals surface area contributed by atoms with Crippen LogP contribution in [-0.4, -0.2) is 35.2 Å². The van der Waals surface area contributed by atoms with Gasteiger partial charge in [0.25, 0.3) is 5.91 Å². The minimum atomic E-state index is -0.944. The first kappa shape index (κ1) is 15.6. The Kier molecular flexibility index (Phi) is 5.79. The number of amides is 1. The zero-order valence-electron chi connectivity index (χ0n) is 10.2. The van der Waals surface area contributed by atoms with Crippen LogP contribution >= 0.6 is 35.0 Å². The largest absolute Gasteiger partial charge is 0.387 e. The van der Waals surface area contributed by atoms with Crippen molar-refractivity contribution in [3.8, 4) is 0 Å². The zero-order valence-corrected chi connectivity index (χ0v) is 12.5. The van der Waals surface area contributed by atoms with Gasteiger partial charge >= 0.3 is 0 Å². The lowest BCUT2D eigenvalue weighted by Crippen LogP contribution is -2.42. The summed E-state index contributed by atoms with van der Waals surface area (Å²) >= 11 is 13.2. The third-order valence-corrected chi connectivity index (χ3v) is 3.73. The highest BCUT2D eigenvalue weighted by atomic mass is 35.5. The molecule has 1 atom stereocenters. The number of hydrogen-bond donors (Lipinski definition) is 2. The van der Waals surface area contributed by atoms with Gasteiger partial charge in [0.15, 0.2) is 0 Å². The molecule has 0 unspecified atom stereocenters. The molecule has 0 aromatic heterocycles. The van der Waals surface area contributed by atoms with Crippen molar-refractivity contribution in [1.82, 2.24) is 5.32 Å². The molecule has 1 amide bonds. The summed E-state index contributed by atoms with van der Waals surface area (Å²) in [4.78, 5) is 11.9. The number of thioether (sulfide) groups is 1. The molecule has 6 heteroatoms. The van der Waals surface area contributed by atoms with Gasteiger partial charge in [0, 0.05) is 17.3 Å². The van der Waals surface area contributed by atoms with Gasteiger partial charge in [-0.3, -0.25) is 4.79 Å². The van der Waals surface area contributed by atoms with Crippen LogP contribution in [0.3, 0.4) is 0 Å². The van der Waals surface area contributed by atoms with Crippen LogP contribution in [-0.2, 0) is 0 Å². The molecule has 0 aliphatic rings. The number of rotatable bonds is 5. The second kappa shape index (κ2) is 6.66. The summed E-state index contributed by atoms with van der Waals surface area (Å²) in [6.45, 7) is 1.83. The third kappa shape index (κ3) is 4.69. The molecule has 0 aliphatic heterocycles. The van der Waals surface area contributed by atoms with E-state index in [9.17, 15) is 9.90 Å². The van der Waals surface area contributed by atoms with Gasteiger partial charge in [-0.05, 0) is 31.4 Å². The van der Waals surface area contributed by atoms with Crippen LogP contribution in [0.2, 0.25) is 10.0 Å². The van der Waals surface area contributed by atoms with Crippen LogP contribution in [0.5, 0.6) is 0 Å². The highest BCUT2D eigenvalue weighted by Crippen LogP contribution is 2.20. The normalized spacial score (nSPS) is 14.1. The fourth-order valence-electron chi connectivity index (χ4n) is 1.40.